The van der Waals surface area contributed by atoms with Crippen molar-refractivity contribution in [1.82, 2.24) is 9.80 Å². The van der Waals surface area contributed by atoms with E-state index in [0.717, 1.165) is 32.5 Å². The number of amides is 1. The minimum atomic E-state index is 0.113. The van der Waals surface area contributed by atoms with Crippen molar-refractivity contribution in [3.63, 3.8) is 0 Å². The zero-order chi connectivity index (χ0) is 13.7. The van der Waals surface area contributed by atoms with Crippen LogP contribution in [0.3, 0.4) is 0 Å². The molecular weight excluding hydrogens is 260 g/mol. The van der Waals surface area contributed by atoms with Crippen LogP contribution >= 0.6 is 11.3 Å². The molecule has 0 unspecified atom stereocenters. The number of hydrogen-bond donors (Lipinski definition) is 1. The fourth-order valence-corrected chi connectivity index (χ4v) is 3.37. The molecule has 4 nitrogen and oxygen atoms in total. The lowest BCUT2D eigenvalue weighted by atomic mass is 10.1. The first kappa shape index (κ1) is 14.5. The fourth-order valence-electron chi connectivity index (χ4n) is 2.48. The first-order valence-corrected chi connectivity index (χ1v) is 7.78. The van der Waals surface area contributed by atoms with Crippen LogP contribution in [0.2, 0.25) is 0 Å². The highest BCUT2D eigenvalue weighted by atomic mass is 32.1. The van der Waals surface area contributed by atoms with E-state index in [2.05, 4.69) is 18.4 Å². The molecule has 0 aliphatic carbocycles. The summed E-state index contributed by atoms with van der Waals surface area (Å²) in [4.78, 5) is 17.7. The Bertz CT molecular complexity index is 413. The van der Waals surface area contributed by atoms with Crippen molar-refractivity contribution in [2.75, 3.05) is 32.8 Å². The zero-order valence-electron chi connectivity index (χ0n) is 11.5. The lowest BCUT2D eigenvalue weighted by molar-refractivity contribution is -0.133. The number of nitrogens with zero attached hydrogens (tertiary/aromatic N) is 2. The van der Waals surface area contributed by atoms with Crippen molar-refractivity contribution < 1.29 is 9.90 Å². The lowest BCUT2D eigenvalue weighted by Gasteiger charge is -2.29. The summed E-state index contributed by atoms with van der Waals surface area (Å²) in [5.41, 5.74) is 1.30. The maximum Gasteiger partial charge on any atom is 0.237 e. The topological polar surface area (TPSA) is 43.8 Å². The lowest BCUT2D eigenvalue weighted by Crippen LogP contribution is -2.43. The molecule has 2 rings (SSSR count). The second-order valence-corrected chi connectivity index (χ2v) is 5.93. The monoisotopic (exact) mass is 282 g/mol. The van der Waals surface area contributed by atoms with Gasteiger partial charge in [0.15, 0.2) is 0 Å². The fraction of sp³-hybridized carbons (Fsp3) is 0.643. The smallest absolute Gasteiger partial charge is 0.237 e. The average molecular weight is 282 g/mol. The Morgan fingerprint density at radius 2 is 2.37 bits per heavy atom. The summed E-state index contributed by atoms with van der Waals surface area (Å²) < 4.78 is 0. The van der Waals surface area contributed by atoms with Crippen LogP contribution in [-0.4, -0.2) is 53.6 Å². The van der Waals surface area contributed by atoms with E-state index < -0.39 is 0 Å². The second kappa shape index (κ2) is 7.03. The van der Waals surface area contributed by atoms with Gasteiger partial charge in [-0.3, -0.25) is 9.69 Å². The molecule has 5 heteroatoms. The number of aliphatic hydroxyl groups is 1. The van der Waals surface area contributed by atoms with Crippen molar-refractivity contribution in [2.45, 2.75) is 26.3 Å². The molecule has 2 heterocycles. The SMILES string of the molecule is CCCN(CCO)CC(=O)N1CCc2sccc2C1. The van der Waals surface area contributed by atoms with Crippen LogP contribution in [0.4, 0.5) is 0 Å². The van der Waals surface area contributed by atoms with Gasteiger partial charge < -0.3 is 10.0 Å². The molecule has 1 aromatic rings. The quantitative estimate of drug-likeness (QED) is 0.856. The molecule has 106 valence electrons. The molecule has 0 bridgehead atoms. The minimum absolute atomic E-state index is 0.113. The van der Waals surface area contributed by atoms with E-state index in [1.165, 1.54) is 10.4 Å². The second-order valence-electron chi connectivity index (χ2n) is 4.93. The van der Waals surface area contributed by atoms with Gasteiger partial charge in [0, 0.05) is 24.5 Å². The van der Waals surface area contributed by atoms with Crippen LogP contribution in [0.25, 0.3) is 0 Å². The van der Waals surface area contributed by atoms with Crippen LogP contribution < -0.4 is 0 Å². The van der Waals surface area contributed by atoms with E-state index in [9.17, 15) is 4.79 Å². The molecule has 1 aromatic heterocycles. The number of carbonyl (C=O) groups is 1. The number of rotatable bonds is 6. The molecule has 0 spiro atoms. The predicted octanol–water partition coefficient (Wildman–Crippen LogP) is 1.34. The minimum Gasteiger partial charge on any atom is -0.395 e. The van der Waals surface area contributed by atoms with Gasteiger partial charge in [-0.05, 0) is 36.4 Å². The standard InChI is InChI=1S/C14H22N2O2S/c1-2-5-15(7-8-17)11-14(18)16-6-3-13-12(10-16)4-9-19-13/h4,9,17H,2-3,5-8,10-11H2,1H3. The largest absolute Gasteiger partial charge is 0.395 e. The van der Waals surface area contributed by atoms with Crippen LogP contribution in [0.1, 0.15) is 23.8 Å². The molecular formula is C14H22N2O2S. The highest BCUT2D eigenvalue weighted by molar-refractivity contribution is 7.10. The Morgan fingerprint density at radius 1 is 1.53 bits per heavy atom. The summed E-state index contributed by atoms with van der Waals surface area (Å²) >= 11 is 1.79. The van der Waals surface area contributed by atoms with Crippen LogP contribution in [0, 0.1) is 0 Å². The van der Waals surface area contributed by atoms with Gasteiger partial charge in [-0.2, -0.15) is 0 Å². The Hall–Kier alpha value is -0.910. The van der Waals surface area contributed by atoms with Crippen molar-refractivity contribution in [1.29, 1.82) is 0 Å². The molecule has 1 aliphatic heterocycles. The molecule has 1 aliphatic rings. The third-order valence-corrected chi connectivity index (χ3v) is 4.50. The summed E-state index contributed by atoms with van der Waals surface area (Å²) in [5.74, 6) is 0.179. The molecule has 19 heavy (non-hydrogen) atoms. The van der Waals surface area contributed by atoms with Crippen LogP contribution in [0.15, 0.2) is 11.4 Å². The molecule has 0 saturated heterocycles. The summed E-state index contributed by atoms with van der Waals surface area (Å²) in [6.07, 6.45) is 1.98. The summed E-state index contributed by atoms with van der Waals surface area (Å²) in [5, 5.41) is 11.1. The predicted molar refractivity (Wildman–Crippen MR) is 77.3 cm³/mol. The summed E-state index contributed by atoms with van der Waals surface area (Å²) in [7, 11) is 0. The maximum absolute atomic E-state index is 12.3. The number of carbonyl (C=O) groups excluding carboxylic acids is 1. The first-order valence-electron chi connectivity index (χ1n) is 6.90. The van der Waals surface area contributed by atoms with E-state index in [4.69, 9.17) is 5.11 Å². The summed E-state index contributed by atoms with van der Waals surface area (Å²) in [6, 6.07) is 2.12. The third-order valence-electron chi connectivity index (χ3n) is 3.48. The number of hydrogen-bond acceptors (Lipinski definition) is 4. The van der Waals surface area contributed by atoms with Gasteiger partial charge in [0.05, 0.1) is 13.2 Å². The summed E-state index contributed by atoms with van der Waals surface area (Å²) in [6.45, 7) is 5.65. The van der Waals surface area contributed by atoms with E-state index in [1.54, 1.807) is 11.3 Å². The Kier molecular flexibility index (Phi) is 5.36. The average Bonchev–Trinajstić information content (AvgIpc) is 2.86. The van der Waals surface area contributed by atoms with Gasteiger partial charge in [-0.1, -0.05) is 6.92 Å². The van der Waals surface area contributed by atoms with E-state index in [0.29, 0.717) is 13.1 Å². The van der Waals surface area contributed by atoms with Gasteiger partial charge in [-0.25, -0.2) is 0 Å². The Labute approximate surface area is 118 Å². The van der Waals surface area contributed by atoms with Crippen LogP contribution in [0.5, 0.6) is 0 Å². The van der Waals surface area contributed by atoms with Crippen LogP contribution in [-0.2, 0) is 17.8 Å². The molecule has 0 fully saturated rings. The van der Waals surface area contributed by atoms with Gasteiger partial charge in [0.1, 0.15) is 0 Å². The van der Waals surface area contributed by atoms with Crippen molar-refractivity contribution in [3.05, 3.63) is 21.9 Å². The highest BCUT2D eigenvalue weighted by Gasteiger charge is 2.22. The Balaban J connectivity index is 1.90. The zero-order valence-corrected chi connectivity index (χ0v) is 12.3. The van der Waals surface area contributed by atoms with Crippen molar-refractivity contribution in [3.8, 4) is 0 Å². The van der Waals surface area contributed by atoms with E-state index in [-0.39, 0.29) is 12.5 Å². The molecule has 1 amide bonds. The molecule has 0 radical (unpaired) electrons. The Morgan fingerprint density at radius 3 is 3.11 bits per heavy atom. The maximum atomic E-state index is 12.3. The van der Waals surface area contributed by atoms with Gasteiger partial charge in [0.2, 0.25) is 5.91 Å². The number of aliphatic hydroxyl groups excluding tert-OH is 1. The van der Waals surface area contributed by atoms with Gasteiger partial charge in [0.25, 0.3) is 0 Å². The van der Waals surface area contributed by atoms with Crippen molar-refractivity contribution in [2.24, 2.45) is 0 Å². The molecule has 1 N–H and O–H groups in total. The number of fused-ring (bicyclic) bond motifs is 1. The van der Waals surface area contributed by atoms with E-state index >= 15 is 0 Å². The van der Waals surface area contributed by atoms with Gasteiger partial charge in [-0.15, -0.1) is 11.3 Å². The third kappa shape index (κ3) is 3.78. The first-order chi connectivity index (χ1) is 9.24. The molecule has 0 atom stereocenters. The molecule has 0 saturated carbocycles. The van der Waals surface area contributed by atoms with E-state index in [1.807, 2.05) is 9.80 Å². The highest BCUT2D eigenvalue weighted by Crippen LogP contribution is 2.23. The molecule has 0 aromatic carbocycles. The van der Waals surface area contributed by atoms with Gasteiger partial charge >= 0.3 is 0 Å². The number of thiophene rings is 1. The van der Waals surface area contributed by atoms with Crippen molar-refractivity contribution >= 4 is 17.2 Å². The normalized spacial score (nSPS) is 14.8.